The standard InChI is InChI=1S/C3H8Cl2N2/c4-3(5,7)1-2-6/h1-2,6-7H2. The van der Waals surface area contributed by atoms with Crippen LogP contribution < -0.4 is 11.5 Å². The zero-order valence-corrected chi connectivity index (χ0v) is 5.34. The fraction of sp³-hybridized carbons (Fsp3) is 1.00. The number of rotatable bonds is 2. The molecule has 0 aliphatic rings. The topological polar surface area (TPSA) is 52.0 Å². The Morgan fingerprint density at radius 1 is 1.43 bits per heavy atom. The van der Waals surface area contributed by atoms with E-state index in [9.17, 15) is 0 Å². The number of halogens is 2. The molecule has 4 N–H and O–H groups in total. The summed E-state index contributed by atoms with van der Waals surface area (Å²) in [6, 6.07) is 0. The predicted octanol–water partition coefficient (Wildman–Crippen LogP) is 0.425. The molecule has 0 unspecified atom stereocenters. The third-order valence-electron chi connectivity index (χ3n) is 0.478. The van der Waals surface area contributed by atoms with Crippen molar-refractivity contribution in [3.63, 3.8) is 0 Å². The van der Waals surface area contributed by atoms with Crippen LogP contribution in [-0.2, 0) is 0 Å². The van der Waals surface area contributed by atoms with Crippen molar-refractivity contribution in [2.24, 2.45) is 11.5 Å². The fourth-order valence-corrected chi connectivity index (χ4v) is 0.411. The maximum absolute atomic E-state index is 5.30. The minimum atomic E-state index is -1.13. The van der Waals surface area contributed by atoms with Crippen LogP contribution in [0.3, 0.4) is 0 Å². The Balaban J connectivity index is 3.15. The van der Waals surface area contributed by atoms with E-state index in [-0.39, 0.29) is 0 Å². The van der Waals surface area contributed by atoms with Crippen molar-refractivity contribution in [1.82, 2.24) is 0 Å². The third-order valence-corrected chi connectivity index (χ3v) is 0.856. The van der Waals surface area contributed by atoms with Crippen molar-refractivity contribution in [2.75, 3.05) is 6.54 Å². The van der Waals surface area contributed by atoms with E-state index < -0.39 is 4.46 Å². The summed E-state index contributed by atoms with van der Waals surface area (Å²) in [5, 5.41) is 0. The lowest BCUT2D eigenvalue weighted by molar-refractivity contribution is 0.731. The van der Waals surface area contributed by atoms with E-state index in [0.29, 0.717) is 13.0 Å². The summed E-state index contributed by atoms with van der Waals surface area (Å²) < 4.78 is -1.13. The first-order chi connectivity index (χ1) is 3.06. The molecule has 0 aliphatic carbocycles. The highest BCUT2D eigenvalue weighted by Crippen LogP contribution is 2.15. The van der Waals surface area contributed by atoms with Crippen LogP contribution in [-0.4, -0.2) is 11.0 Å². The molecule has 0 aromatic rings. The number of hydrogen-bond donors (Lipinski definition) is 2. The molecular weight excluding hydrogens is 135 g/mol. The molecule has 7 heavy (non-hydrogen) atoms. The Kier molecular flexibility index (Phi) is 2.92. The van der Waals surface area contributed by atoms with E-state index in [0.717, 1.165) is 0 Å². The van der Waals surface area contributed by atoms with Crippen LogP contribution in [0, 0.1) is 0 Å². The Bertz CT molecular complexity index is 49.4. The van der Waals surface area contributed by atoms with Gasteiger partial charge in [0.15, 0.2) is 4.46 Å². The zero-order chi connectivity index (χ0) is 5.91. The van der Waals surface area contributed by atoms with E-state index in [1.54, 1.807) is 0 Å². The highest BCUT2D eigenvalue weighted by Gasteiger charge is 2.13. The van der Waals surface area contributed by atoms with Gasteiger partial charge in [-0.05, 0) is 6.54 Å². The zero-order valence-electron chi connectivity index (χ0n) is 3.82. The fourth-order valence-electron chi connectivity index (χ4n) is 0.192. The molecule has 0 amide bonds. The van der Waals surface area contributed by atoms with Gasteiger partial charge in [-0.1, -0.05) is 23.2 Å². The maximum Gasteiger partial charge on any atom is 0.167 e. The van der Waals surface area contributed by atoms with Crippen LogP contribution >= 0.6 is 23.2 Å². The Morgan fingerprint density at radius 3 is 1.86 bits per heavy atom. The molecule has 0 bridgehead atoms. The first-order valence-corrected chi connectivity index (χ1v) is 2.68. The lowest BCUT2D eigenvalue weighted by atomic mass is 10.4. The second-order valence-corrected chi connectivity index (χ2v) is 2.84. The van der Waals surface area contributed by atoms with Gasteiger partial charge in [0.1, 0.15) is 0 Å². The van der Waals surface area contributed by atoms with E-state index in [1.807, 2.05) is 0 Å². The van der Waals surface area contributed by atoms with Crippen molar-refractivity contribution in [1.29, 1.82) is 0 Å². The molecule has 0 aromatic carbocycles. The first kappa shape index (κ1) is 7.50. The molecular formula is C3H8Cl2N2. The van der Waals surface area contributed by atoms with Gasteiger partial charge in [0, 0.05) is 6.42 Å². The molecule has 0 rings (SSSR count). The lowest BCUT2D eigenvalue weighted by Gasteiger charge is -2.09. The normalized spacial score (nSPS) is 12.0. The van der Waals surface area contributed by atoms with Gasteiger partial charge in [-0.15, -0.1) is 0 Å². The first-order valence-electron chi connectivity index (χ1n) is 1.93. The Labute approximate surface area is 52.8 Å². The summed E-state index contributed by atoms with van der Waals surface area (Å²) in [7, 11) is 0. The van der Waals surface area contributed by atoms with Crippen LogP contribution in [0.15, 0.2) is 0 Å². The van der Waals surface area contributed by atoms with Crippen LogP contribution in [0.2, 0.25) is 0 Å². The molecule has 0 aromatic heterocycles. The van der Waals surface area contributed by atoms with E-state index in [2.05, 4.69) is 0 Å². The quantitative estimate of drug-likeness (QED) is 0.434. The van der Waals surface area contributed by atoms with Gasteiger partial charge in [-0.25, -0.2) is 0 Å². The molecule has 44 valence electrons. The van der Waals surface area contributed by atoms with Crippen molar-refractivity contribution in [3.8, 4) is 0 Å². The van der Waals surface area contributed by atoms with Gasteiger partial charge < -0.3 is 11.5 Å². The van der Waals surface area contributed by atoms with E-state index >= 15 is 0 Å². The lowest BCUT2D eigenvalue weighted by Crippen LogP contribution is -2.28. The van der Waals surface area contributed by atoms with Gasteiger partial charge in [-0.3, -0.25) is 0 Å². The molecule has 0 aliphatic heterocycles. The van der Waals surface area contributed by atoms with Gasteiger partial charge in [-0.2, -0.15) is 0 Å². The smallest absolute Gasteiger partial charge is 0.167 e. The summed E-state index contributed by atoms with van der Waals surface area (Å²) in [6.07, 6.45) is 0.427. The number of alkyl halides is 2. The van der Waals surface area contributed by atoms with E-state index in [1.165, 1.54) is 0 Å². The maximum atomic E-state index is 5.30. The molecule has 0 atom stereocenters. The second kappa shape index (κ2) is 2.72. The Hall–Kier alpha value is 0.500. The molecule has 0 heterocycles. The monoisotopic (exact) mass is 142 g/mol. The Morgan fingerprint density at radius 2 is 1.86 bits per heavy atom. The molecule has 0 spiro atoms. The van der Waals surface area contributed by atoms with Crippen LogP contribution in [0.4, 0.5) is 0 Å². The van der Waals surface area contributed by atoms with Crippen LogP contribution in [0.1, 0.15) is 6.42 Å². The van der Waals surface area contributed by atoms with Gasteiger partial charge in [0.2, 0.25) is 0 Å². The summed E-state index contributed by atoms with van der Waals surface area (Å²) in [4.78, 5) is 0. The SMILES string of the molecule is NCCC(N)(Cl)Cl. The minimum Gasteiger partial charge on any atom is -0.330 e. The number of hydrogen-bond acceptors (Lipinski definition) is 2. The summed E-state index contributed by atoms with van der Waals surface area (Å²) in [6.45, 7) is 0.420. The van der Waals surface area contributed by atoms with Crippen molar-refractivity contribution in [3.05, 3.63) is 0 Å². The summed E-state index contributed by atoms with van der Waals surface area (Å²) in [5.74, 6) is 0. The van der Waals surface area contributed by atoms with Gasteiger partial charge in [0.05, 0.1) is 0 Å². The van der Waals surface area contributed by atoms with Gasteiger partial charge in [0.25, 0.3) is 0 Å². The van der Waals surface area contributed by atoms with Gasteiger partial charge >= 0.3 is 0 Å². The summed E-state index contributed by atoms with van der Waals surface area (Å²) >= 11 is 10.6. The highest BCUT2D eigenvalue weighted by atomic mass is 35.5. The molecule has 0 saturated heterocycles. The average Bonchev–Trinajstić information content (AvgIpc) is 1.30. The van der Waals surface area contributed by atoms with E-state index in [4.69, 9.17) is 34.7 Å². The number of nitrogens with two attached hydrogens (primary N) is 2. The third kappa shape index (κ3) is 6.50. The minimum absolute atomic E-state index is 0.420. The van der Waals surface area contributed by atoms with Crippen molar-refractivity contribution < 1.29 is 0 Å². The molecule has 2 nitrogen and oxygen atoms in total. The second-order valence-electron chi connectivity index (χ2n) is 1.30. The average molecular weight is 143 g/mol. The van der Waals surface area contributed by atoms with Crippen LogP contribution in [0.5, 0.6) is 0 Å². The summed E-state index contributed by atoms with van der Waals surface area (Å²) in [5.41, 5.74) is 10.2. The highest BCUT2D eigenvalue weighted by molar-refractivity contribution is 6.47. The van der Waals surface area contributed by atoms with Crippen molar-refractivity contribution in [2.45, 2.75) is 10.9 Å². The molecule has 4 heteroatoms. The van der Waals surface area contributed by atoms with Crippen molar-refractivity contribution >= 4 is 23.2 Å². The largest absolute Gasteiger partial charge is 0.330 e. The molecule has 0 radical (unpaired) electrons. The predicted molar refractivity (Wildman–Crippen MR) is 32.3 cm³/mol. The van der Waals surface area contributed by atoms with Crippen LogP contribution in [0.25, 0.3) is 0 Å². The molecule has 0 saturated carbocycles. The molecule has 0 fully saturated rings.